The monoisotopic (exact) mass is 205 g/mol. The lowest BCUT2D eigenvalue weighted by atomic mass is 10.1. The van der Waals surface area contributed by atoms with E-state index in [2.05, 4.69) is 40.9 Å². The van der Waals surface area contributed by atoms with Gasteiger partial charge in [0.1, 0.15) is 0 Å². The number of rotatable bonds is 2. The summed E-state index contributed by atoms with van der Waals surface area (Å²) in [6.45, 7) is 4.79. The van der Waals surface area contributed by atoms with Crippen LogP contribution in [-0.2, 0) is 9.53 Å². The smallest absolute Gasteiger partial charge is 0.293 e. The highest BCUT2D eigenvalue weighted by atomic mass is 16.5. The molecule has 0 saturated carbocycles. The van der Waals surface area contributed by atoms with E-state index in [0.717, 1.165) is 0 Å². The van der Waals surface area contributed by atoms with Gasteiger partial charge >= 0.3 is 0 Å². The zero-order valence-electron chi connectivity index (χ0n) is 8.99. The molecule has 0 fully saturated rings. The maximum absolute atomic E-state index is 9.18. The fourth-order valence-electron chi connectivity index (χ4n) is 1.31. The van der Waals surface area contributed by atoms with E-state index in [9.17, 15) is 4.79 Å². The number of ether oxygens (including phenoxy) is 1. The van der Waals surface area contributed by atoms with Gasteiger partial charge in [0.05, 0.1) is 6.61 Å². The minimum atomic E-state index is 0.431. The molecule has 0 aliphatic rings. The van der Waals surface area contributed by atoms with Crippen molar-refractivity contribution in [1.29, 1.82) is 0 Å². The van der Waals surface area contributed by atoms with Gasteiger partial charge in [-0.05, 0) is 31.5 Å². The zero-order chi connectivity index (χ0) is 11.1. The van der Waals surface area contributed by atoms with Gasteiger partial charge in [-0.1, -0.05) is 12.1 Å². The van der Waals surface area contributed by atoms with Crippen LogP contribution in [0.5, 0.6) is 0 Å². The van der Waals surface area contributed by atoms with Gasteiger partial charge in [0, 0.05) is 17.1 Å². The van der Waals surface area contributed by atoms with Gasteiger partial charge in [-0.2, -0.15) is 0 Å². The minimum Gasteiger partial charge on any atom is -0.468 e. The highest BCUT2D eigenvalue weighted by molar-refractivity contribution is 5.82. The van der Waals surface area contributed by atoms with Crippen molar-refractivity contribution in [2.24, 2.45) is 0 Å². The van der Waals surface area contributed by atoms with E-state index in [1.54, 1.807) is 6.92 Å². The molecule has 0 radical (unpaired) electrons. The van der Waals surface area contributed by atoms with Crippen LogP contribution in [-0.4, -0.2) is 18.1 Å². The quantitative estimate of drug-likeness (QED) is 0.766. The molecule has 0 saturated heterocycles. The highest BCUT2D eigenvalue weighted by Crippen LogP contribution is 2.15. The Bertz CT molecular complexity index is 420. The molecule has 0 aliphatic carbocycles. The van der Waals surface area contributed by atoms with Crippen molar-refractivity contribution in [3.8, 4) is 0 Å². The van der Waals surface area contributed by atoms with Gasteiger partial charge in [0.15, 0.2) is 0 Å². The molecule has 0 bridgehead atoms. The third-order valence-electron chi connectivity index (χ3n) is 2.05. The van der Waals surface area contributed by atoms with Gasteiger partial charge in [-0.25, -0.2) is 0 Å². The number of aryl methyl sites for hydroxylation is 1. The number of H-pyrrole nitrogens is 1. The van der Waals surface area contributed by atoms with E-state index >= 15 is 0 Å². The van der Waals surface area contributed by atoms with E-state index in [4.69, 9.17) is 0 Å². The SMILES string of the molecule is CCOC=O.Cc1cccc2[nH]ccc12. The predicted octanol–water partition coefficient (Wildman–Crippen LogP) is 2.66. The first kappa shape index (κ1) is 11.3. The number of fused-ring (bicyclic) bond motifs is 1. The molecule has 1 aromatic heterocycles. The first-order valence-corrected chi connectivity index (χ1v) is 4.87. The van der Waals surface area contributed by atoms with Crippen LogP contribution in [0.2, 0.25) is 0 Å². The summed E-state index contributed by atoms with van der Waals surface area (Å²) in [6.07, 6.45) is 1.97. The van der Waals surface area contributed by atoms with Crippen LogP contribution in [0, 0.1) is 6.92 Å². The van der Waals surface area contributed by atoms with Crippen molar-refractivity contribution in [3.05, 3.63) is 36.0 Å². The average molecular weight is 205 g/mol. The van der Waals surface area contributed by atoms with Crippen LogP contribution in [0.4, 0.5) is 0 Å². The second-order valence-corrected chi connectivity index (χ2v) is 3.07. The standard InChI is InChI=1S/C9H9N.C3H6O2/c1-7-3-2-4-9-8(7)5-6-10-9;1-2-5-3-4/h2-6,10H,1H3;3H,2H2,1H3. The molecule has 0 aliphatic heterocycles. The third-order valence-corrected chi connectivity index (χ3v) is 2.05. The number of carbonyl (C=O) groups excluding carboxylic acids is 1. The summed E-state index contributed by atoms with van der Waals surface area (Å²) < 4.78 is 4.15. The number of benzene rings is 1. The van der Waals surface area contributed by atoms with Crippen molar-refractivity contribution in [3.63, 3.8) is 0 Å². The van der Waals surface area contributed by atoms with Crippen molar-refractivity contribution in [2.45, 2.75) is 13.8 Å². The molecule has 2 aromatic rings. The minimum absolute atomic E-state index is 0.431. The predicted molar refractivity (Wildman–Crippen MR) is 60.7 cm³/mol. The normalized spacial score (nSPS) is 9.20. The summed E-state index contributed by atoms with van der Waals surface area (Å²) in [4.78, 5) is 12.3. The van der Waals surface area contributed by atoms with E-state index in [0.29, 0.717) is 13.1 Å². The van der Waals surface area contributed by atoms with Gasteiger partial charge in [-0.15, -0.1) is 0 Å². The molecule has 1 heterocycles. The largest absolute Gasteiger partial charge is 0.468 e. The van der Waals surface area contributed by atoms with Crippen LogP contribution in [0.1, 0.15) is 12.5 Å². The molecule has 0 unspecified atom stereocenters. The maximum Gasteiger partial charge on any atom is 0.293 e. The Kier molecular flexibility index (Phi) is 4.41. The van der Waals surface area contributed by atoms with E-state index < -0.39 is 0 Å². The Morgan fingerprint density at radius 3 is 2.73 bits per heavy atom. The Morgan fingerprint density at radius 1 is 1.40 bits per heavy atom. The summed E-state index contributed by atoms with van der Waals surface area (Å²) in [7, 11) is 0. The van der Waals surface area contributed by atoms with Crippen molar-refractivity contribution >= 4 is 17.4 Å². The van der Waals surface area contributed by atoms with Crippen molar-refractivity contribution in [2.75, 3.05) is 6.61 Å². The van der Waals surface area contributed by atoms with Gasteiger partial charge in [-0.3, -0.25) is 4.79 Å². The summed E-state index contributed by atoms with van der Waals surface area (Å²) in [5.74, 6) is 0. The molecule has 3 nitrogen and oxygen atoms in total. The van der Waals surface area contributed by atoms with Crippen LogP contribution < -0.4 is 0 Å². The van der Waals surface area contributed by atoms with Crippen LogP contribution in [0.15, 0.2) is 30.5 Å². The molecule has 0 spiro atoms. The van der Waals surface area contributed by atoms with Gasteiger partial charge in [0.2, 0.25) is 0 Å². The Labute approximate surface area is 89.1 Å². The second-order valence-electron chi connectivity index (χ2n) is 3.07. The number of hydrogen-bond acceptors (Lipinski definition) is 2. The molecule has 80 valence electrons. The lowest BCUT2D eigenvalue weighted by molar-refractivity contribution is -0.128. The molecular weight excluding hydrogens is 190 g/mol. The first-order chi connectivity index (χ1) is 7.29. The molecule has 15 heavy (non-hydrogen) atoms. The lowest BCUT2D eigenvalue weighted by Crippen LogP contribution is -1.80. The zero-order valence-corrected chi connectivity index (χ0v) is 8.99. The Morgan fingerprint density at radius 2 is 2.20 bits per heavy atom. The highest BCUT2D eigenvalue weighted by Gasteiger charge is 1.93. The molecule has 0 atom stereocenters. The number of hydrogen-bond donors (Lipinski definition) is 1. The van der Waals surface area contributed by atoms with E-state index in [1.807, 2.05) is 6.20 Å². The topological polar surface area (TPSA) is 42.1 Å². The Hall–Kier alpha value is -1.77. The number of carbonyl (C=O) groups is 1. The maximum atomic E-state index is 9.18. The van der Waals surface area contributed by atoms with Crippen LogP contribution >= 0.6 is 0 Å². The third kappa shape index (κ3) is 3.13. The van der Waals surface area contributed by atoms with Gasteiger partial charge < -0.3 is 9.72 Å². The summed E-state index contributed by atoms with van der Waals surface area (Å²) in [5, 5.41) is 1.32. The second kappa shape index (κ2) is 5.86. The molecular formula is C12H15NO2. The molecule has 0 amide bonds. The lowest BCUT2D eigenvalue weighted by Gasteiger charge is -1.92. The fourth-order valence-corrected chi connectivity index (χ4v) is 1.31. The van der Waals surface area contributed by atoms with E-state index in [-0.39, 0.29) is 0 Å². The number of aromatic nitrogens is 1. The van der Waals surface area contributed by atoms with Crippen LogP contribution in [0.3, 0.4) is 0 Å². The molecule has 2 rings (SSSR count). The fraction of sp³-hybridized carbons (Fsp3) is 0.250. The van der Waals surface area contributed by atoms with Crippen molar-refractivity contribution < 1.29 is 9.53 Å². The molecule has 1 aromatic carbocycles. The first-order valence-electron chi connectivity index (χ1n) is 4.87. The summed E-state index contributed by atoms with van der Waals surface area (Å²) in [5.41, 5.74) is 2.55. The number of nitrogens with one attached hydrogen (secondary N) is 1. The Balaban J connectivity index is 0.000000195. The summed E-state index contributed by atoms with van der Waals surface area (Å²) >= 11 is 0. The average Bonchev–Trinajstić information content (AvgIpc) is 2.69. The van der Waals surface area contributed by atoms with Gasteiger partial charge in [0.25, 0.3) is 6.47 Å². The van der Waals surface area contributed by atoms with Crippen molar-refractivity contribution in [1.82, 2.24) is 4.98 Å². The summed E-state index contributed by atoms with van der Waals surface area (Å²) in [6, 6.07) is 8.37. The van der Waals surface area contributed by atoms with E-state index in [1.165, 1.54) is 16.5 Å². The number of aromatic amines is 1. The molecule has 3 heteroatoms. The van der Waals surface area contributed by atoms with Crippen LogP contribution in [0.25, 0.3) is 10.9 Å². The molecule has 1 N–H and O–H groups in total.